The van der Waals surface area contributed by atoms with Gasteiger partial charge in [0.05, 0.1) is 13.7 Å². The number of alkyl carbamates (subject to hydrolysis) is 2. The Hall–Kier alpha value is -4.48. The third kappa shape index (κ3) is 9.68. The quantitative estimate of drug-likeness (QED) is 0.188. The van der Waals surface area contributed by atoms with Crippen molar-refractivity contribution in [2.75, 3.05) is 7.11 Å². The molecule has 2 aromatic heterocycles. The number of esters is 1. The number of carbonyl (C=O) groups is 3. The summed E-state index contributed by atoms with van der Waals surface area (Å²) in [7, 11) is 1.35. The Bertz CT molecular complexity index is 1350. The minimum absolute atomic E-state index is 0.111. The van der Waals surface area contributed by atoms with E-state index in [-0.39, 0.29) is 24.9 Å². The summed E-state index contributed by atoms with van der Waals surface area (Å²) < 4.78 is 21.1. The number of oxazole rings is 1. The first kappa shape index (κ1) is 30.1. The zero-order valence-electron chi connectivity index (χ0n) is 23.8. The topological polar surface area (TPSA) is 154 Å². The third-order valence-electron chi connectivity index (χ3n) is 5.01. The maximum Gasteiger partial charge on any atom is 0.414 e. The molecule has 0 unspecified atom stereocenters. The summed E-state index contributed by atoms with van der Waals surface area (Å²) in [5.41, 5.74) is 1.85. The zero-order valence-corrected chi connectivity index (χ0v) is 23.8. The molecule has 0 spiro atoms. The molecule has 214 valence electrons. The van der Waals surface area contributed by atoms with Crippen molar-refractivity contribution < 1.29 is 33.0 Å². The number of pyridine rings is 1. The number of guanidine groups is 1. The number of aromatic nitrogens is 2. The first-order valence-corrected chi connectivity index (χ1v) is 12.7. The van der Waals surface area contributed by atoms with Crippen LogP contribution in [0.3, 0.4) is 0 Å². The van der Waals surface area contributed by atoms with E-state index in [4.69, 9.17) is 13.9 Å². The first-order valence-electron chi connectivity index (χ1n) is 12.7. The number of hydrogen-bond acceptors (Lipinski definition) is 10. The van der Waals surface area contributed by atoms with Crippen molar-refractivity contribution in [2.24, 2.45) is 4.99 Å². The van der Waals surface area contributed by atoms with Gasteiger partial charge in [-0.25, -0.2) is 19.6 Å². The molecule has 0 fully saturated rings. The second kappa shape index (κ2) is 12.6. The fourth-order valence-corrected chi connectivity index (χ4v) is 3.30. The van der Waals surface area contributed by atoms with Crippen LogP contribution in [0.2, 0.25) is 0 Å². The van der Waals surface area contributed by atoms with E-state index in [1.165, 1.54) is 7.11 Å². The van der Waals surface area contributed by atoms with Gasteiger partial charge in [-0.1, -0.05) is 12.1 Å². The lowest BCUT2D eigenvalue weighted by Crippen LogP contribution is -2.47. The Morgan fingerprint density at radius 2 is 1.52 bits per heavy atom. The molecule has 1 aromatic carbocycles. The molecule has 0 radical (unpaired) electrons. The molecule has 12 heteroatoms. The monoisotopic (exact) mass is 553 g/mol. The summed E-state index contributed by atoms with van der Waals surface area (Å²) in [5, 5.41) is 4.91. The highest BCUT2D eigenvalue weighted by molar-refractivity contribution is 6.01. The molecule has 0 saturated carbocycles. The normalized spacial score (nSPS) is 11.5. The number of aryl methyl sites for hydroxylation is 1. The van der Waals surface area contributed by atoms with E-state index < -0.39 is 23.4 Å². The minimum Gasteiger partial charge on any atom is -0.469 e. The predicted octanol–water partition coefficient (Wildman–Crippen LogP) is 4.90. The van der Waals surface area contributed by atoms with Crippen LogP contribution in [-0.4, -0.2) is 52.4 Å². The number of ether oxygens (including phenoxy) is 3. The van der Waals surface area contributed by atoms with Crippen LogP contribution in [0.15, 0.2) is 45.9 Å². The Morgan fingerprint density at radius 3 is 2.08 bits per heavy atom. The van der Waals surface area contributed by atoms with Crippen LogP contribution in [0.25, 0.3) is 22.7 Å². The molecule has 12 nitrogen and oxygen atoms in total. The molecular weight excluding hydrogens is 518 g/mol. The molecular formula is C28H35N5O7. The summed E-state index contributed by atoms with van der Waals surface area (Å²) in [6.07, 6.45) is 0.851. The number of carbonyl (C=O) groups excluding carboxylic acids is 3. The maximum absolute atomic E-state index is 12.3. The molecule has 0 saturated heterocycles. The SMILES string of the molecule is COC(=O)CCc1cnc2nc(-c3ccc(CN=C(NC(=O)OC(C)(C)C)NC(=O)OC(C)(C)C)cc3)oc2c1. The standard InChI is InChI=1S/C28H35N5O7/c1-27(2,3)39-25(35)32-24(33-26(36)40-28(4,5)6)30-15-17-8-11-19(12-9-17)23-31-22-20(38-23)14-18(16-29-22)10-13-21(34)37-7/h8-9,11-12,14,16H,10,13,15H2,1-7H3,(H2,30,32,33,35,36). The van der Waals surface area contributed by atoms with Crippen molar-refractivity contribution in [3.63, 3.8) is 0 Å². The van der Waals surface area contributed by atoms with Crippen LogP contribution in [0.5, 0.6) is 0 Å². The average molecular weight is 554 g/mol. The van der Waals surface area contributed by atoms with E-state index in [1.807, 2.05) is 30.3 Å². The lowest BCUT2D eigenvalue weighted by Gasteiger charge is -2.22. The Labute approximate surface area is 232 Å². The van der Waals surface area contributed by atoms with E-state index in [0.717, 1.165) is 16.7 Å². The highest BCUT2D eigenvalue weighted by atomic mass is 16.6. The van der Waals surface area contributed by atoms with Gasteiger partial charge in [0.1, 0.15) is 11.2 Å². The lowest BCUT2D eigenvalue weighted by atomic mass is 10.1. The van der Waals surface area contributed by atoms with Gasteiger partial charge < -0.3 is 18.6 Å². The van der Waals surface area contributed by atoms with Crippen LogP contribution in [0.1, 0.15) is 59.1 Å². The number of benzene rings is 1. The summed E-state index contributed by atoms with van der Waals surface area (Å²) in [6.45, 7) is 10.5. The molecule has 0 aliphatic heterocycles. The summed E-state index contributed by atoms with van der Waals surface area (Å²) >= 11 is 0. The molecule has 0 atom stereocenters. The molecule has 2 amide bonds. The molecule has 0 aliphatic rings. The van der Waals surface area contributed by atoms with Crippen molar-refractivity contribution >= 4 is 35.3 Å². The van der Waals surface area contributed by atoms with Gasteiger partial charge in [-0.15, -0.1) is 0 Å². The van der Waals surface area contributed by atoms with Gasteiger partial charge in [-0.05, 0) is 77.3 Å². The highest BCUT2D eigenvalue weighted by Crippen LogP contribution is 2.24. The summed E-state index contributed by atoms with van der Waals surface area (Å²) in [5.74, 6) is -0.0155. The van der Waals surface area contributed by atoms with Crippen LogP contribution in [0.4, 0.5) is 9.59 Å². The number of amides is 2. The third-order valence-corrected chi connectivity index (χ3v) is 5.01. The number of aliphatic imine (C=N–C) groups is 1. The van der Waals surface area contributed by atoms with Crippen molar-refractivity contribution in [1.29, 1.82) is 0 Å². The number of nitrogens with zero attached hydrogens (tertiary/aromatic N) is 3. The second-order valence-electron chi connectivity index (χ2n) is 10.9. The van der Waals surface area contributed by atoms with Gasteiger partial charge in [0, 0.05) is 18.2 Å². The van der Waals surface area contributed by atoms with Crippen LogP contribution in [-0.2, 0) is 32.0 Å². The number of hydrogen-bond donors (Lipinski definition) is 2. The van der Waals surface area contributed by atoms with Crippen LogP contribution >= 0.6 is 0 Å². The molecule has 0 bridgehead atoms. The fourth-order valence-electron chi connectivity index (χ4n) is 3.30. The fraction of sp³-hybridized carbons (Fsp3) is 0.429. The largest absolute Gasteiger partial charge is 0.469 e. The summed E-state index contributed by atoms with van der Waals surface area (Å²) in [6, 6.07) is 9.08. The van der Waals surface area contributed by atoms with E-state index in [2.05, 4.69) is 30.3 Å². The smallest absolute Gasteiger partial charge is 0.414 e. The molecule has 3 aromatic rings. The van der Waals surface area contributed by atoms with Gasteiger partial charge in [-0.3, -0.25) is 15.4 Å². The number of fused-ring (bicyclic) bond motifs is 1. The van der Waals surface area contributed by atoms with Crippen molar-refractivity contribution in [2.45, 2.75) is 72.1 Å². The van der Waals surface area contributed by atoms with Crippen molar-refractivity contribution in [3.8, 4) is 11.5 Å². The number of rotatable bonds is 6. The average Bonchev–Trinajstić information content (AvgIpc) is 3.27. The van der Waals surface area contributed by atoms with E-state index in [0.29, 0.717) is 23.5 Å². The summed E-state index contributed by atoms with van der Waals surface area (Å²) in [4.78, 5) is 49.1. The molecule has 3 rings (SSSR count). The van der Waals surface area contributed by atoms with Gasteiger partial charge in [-0.2, -0.15) is 4.98 Å². The van der Waals surface area contributed by atoms with E-state index in [1.54, 1.807) is 47.7 Å². The highest BCUT2D eigenvalue weighted by Gasteiger charge is 2.21. The number of methoxy groups -OCH3 is 1. The lowest BCUT2D eigenvalue weighted by molar-refractivity contribution is -0.140. The van der Waals surface area contributed by atoms with Gasteiger partial charge in [0.2, 0.25) is 11.9 Å². The Kier molecular flexibility index (Phi) is 9.46. The predicted molar refractivity (Wildman–Crippen MR) is 147 cm³/mol. The van der Waals surface area contributed by atoms with Crippen molar-refractivity contribution in [3.05, 3.63) is 47.7 Å². The number of nitrogens with one attached hydrogen (secondary N) is 2. The van der Waals surface area contributed by atoms with Gasteiger partial charge >= 0.3 is 18.2 Å². The molecule has 40 heavy (non-hydrogen) atoms. The molecule has 2 heterocycles. The molecule has 0 aliphatic carbocycles. The Balaban J connectivity index is 1.72. The van der Waals surface area contributed by atoms with Crippen molar-refractivity contribution in [1.82, 2.24) is 20.6 Å². The molecule has 2 N–H and O–H groups in total. The first-order chi connectivity index (χ1) is 18.7. The van der Waals surface area contributed by atoms with Crippen LogP contribution < -0.4 is 10.6 Å². The Morgan fingerprint density at radius 1 is 0.925 bits per heavy atom. The zero-order chi connectivity index (χ0) is 29.5. The van der Waals surface area contributed by atoms with Crippen LogP contribution in [0, 0.1) is 0 Å². The van der Waals surface area contributed by atoms with Gasteiger partial charge in [0.15, 0.2) is 11.2 Å². The van der Waals surface area contributed by atoms with E-state index >= 15 is 0 Å². The second-order valence-corrected chi connectivity index (χ2v) is 10.9. The van der Waals surface area contributed by atoms with Gasteiger partial charge in [0.25, 0.3) is 0 Å². The van der Waals surface area contributed by atoms with E-state index in [9.17, 15) is 14.4 Å². The minimum atomic E-state index is -0.768. The maximum atomic E-state index is 12.3.